The minimum absolute atomic E-state index is 0.167. The zero-order valence-electron chi connectivity index (χ0n) is 23.6. The Morgan fingerprint density at radius 3 is 2.25 bits per heavy atom. The van der Waals surface area contributed by atoms with Crippen LogP contribution in [0.5, 0.6) is 0 Å². The van der Waals surface area contributed by atoms with Gasteiger partial charge in [0.05, 0.1) is 0 Å². The third-order valence-electron chi connectivity index (χ3n) is 7.88. The predicted octanol–water partition coefficient (Wildman–Crippen LogP) is 10.1. The van der Waals surface area contributed by atoms with Gasteiger partial charge >= 0.3 is 5.67 Å². The molecule has 0 bridgehead atoms. The number of hydrogen-bond acceptors (Lipinski definition) is 2. The number of aryl methyl sites for hydroxylation is 1. The molecule has 0 saturated carbocycles. The van der Waals surface area contributed by atoms with E-state index in [0.29, 0.717) is 5.82 Å². The maximum absolute atomic E-state index is 4.82. The maximum Gasteiger partial charge on any atom is 0.345 e. The second-order valence-electron chi connectivity index (χ2n) is 10.3. The van der Waals surface area contributed by atoms with Gasteiger partial charge in [0.15, 0.2) is 0 Å². The first-order valence-electron chi connectivity index (χ1n) is 14.2. The molecule has 1 aliphatic heterocycles. The number of para-hydroxylation sites is 1. The Kier molecular flexibility index (Phi) is 9.18. The van der Waals surface area contributed by atoms with Crippen molar-refractivity contribution in [3.05, 3.63) is 150 Å². The van der Waals surface area contributed by atoms with E-state index in [0.717, 1.165) is 30.5 Å². The van der Waals surface area contributed by atoms with E-state index < -0.39 is 0 Å². The van der Waals surface area contributed by atoms with Gasteiger partial charge in [0.2, 0.25) is 0 Å². The highest BCUT2D eigenvalue weighted by Crippen LogP contribution is 2.46. The van der Waals surface area contributed by atoms with Gasteiger partial charge in [-0.3, -0.25) is 4.98 Å². The molecule has 5 rings (SSSR count). The second-order valence-corrected chi connectivity index (χ2v) is 11.3. The molecule has 4 heteroatoms. The van der Waals surface area contributed by atoms with Crippen molar-refractivity contribution in [2.24, 2.45) is 0 Å². The molecule has 1 aliphatic rings. The highest BCUT2D eigenvalue weighted by molar-refractivity contribution is 9.24. The Bertz CT molecular complexity index is 1510. The van der Waals surface area contributed by atoms with Crippen molar-refractivity contribution in [2.75, 3.05) is 4.81 Å². The fourth-order valence-corrected chi connectivity index (χ4v) is 6.47. The summed E-state index contributed by atoms with van der Waals surface area (Å²) < 4.78 is 0. The highest BCUT2D eigenvalue weighted by atomic mass is 79.9. The smallest absolute Gasteiger partial charge is 0.345 e. The van der Waals surface area contributed by atoms with Crippen LogP contribution in [0, 0.1) is 0 Å². The molecule has 3 aromatic carbocycles. The van der Waals surface area contributed by atoms with Crippen LogP contribution in [0.3, 0.4) is 0 Å². The lowest BCUT2D eigenvalue weighted by atomic mass is 9.70. The zero-order valence-corrected chi connectivity index (χ0v) is 25.2. The molecule has 2 heterocycles. The van der Waals surface area contributed by atoms with E-state index in [1.54, 1.807) is 0 Å². The van der Waals surface area contributed by atoms with Gasteiger partial charge in [-0.1, -0.05) is 110 Å². The number of nitrogens with zero attached hydrogens (tertiary/aromatic N) is 2. The average Bonchev–Trinajstić information content (AvgIpc) is 3.29. The number of anilines is 1. The van der Waals surface area contributed by atoms with Crippen molar-refractivity contribution < 1.29 is 0 Å². The van der Waals surface area contributed by atoms with Crippen molar-refractivity contribution in [1.82, 2.24) is 4.98 Å². The van der Waals surface area contributed by atoms with Crippen LogP contribution in [0.1, 0.15) is 56.3 Å². The summed E-state index contributed by atoms with van der Waals surface area (Å²) in [6.45, 7) is 6.60. The fourth-order valence-electron chi connectivity index (χ4n) is 5.48. The number of fused-ring (bicyclic) bond motifs is 1. The largest absolute Gasteiger partial charge is 0.375 e. The molecule has 40 heavy (non-hydrogen) atoms. The van der Waals surface area contributed by atoms with E-state index in [1.807, 2.05) is 12.3 Å². The number of hydrogen-bond donors (Lipinski definition) is 0. The molecule has 0 aliphatic carbocycles. The summed E-state index contributed by atoms with van der Waals surface area (Å²) in [5.41, 5.74) is 11.4. The molecule has 0 N–H and O–H groups in total. The Morgan fingerprint density at radius 1 is 0.875 bits per heavy atom. The van der Waals surface area contributed by atoms with Crippen molar-refractivity contribution in [3.63, 3.8) is 0 Å². The van der Waals surface area contributed by atoms with Crippen molar-refractivity contribution in [3.8, 4) is 11.1 Å². The molecule has 0 spiro atoms. The Hall–Kier alpha value is -3.63. The summed E-state index contributed by atoms with van der Waals surface area (Å²) in [4.78, 5) is 7.32. The first kappa shape index (κ1) is 27.9. The van der Waals surface area contributed by atoms with Crippen molar-refractivity contribution >= 4 is 32.7 Å². The van der Waals surface area contributed by atoms with Crippen LogP contribution in [0.25, 0.3) is 16.7 Å². The number of rotatable bonds is 9. The summed E-state index contributed by atoms with van der Waals surface area (Å²) in [5.74, 6) is 0.357. The van der Waals surface area contributed by atoms with Gasteiger partial charge in [-0.25, -0.2) is 0 Å². The second kappa shape index (κ2) is 13.2. The molecular weight excluding hydrogens is 551 g/mol. The quantitative estimate of drug-likeness (QED) is 0.143. The molecule has 1 unspecified atom stereocenters. The van der Waals surface area contributed by atoms with Crippen LogP contribution < -0.4 is 4.81 Å². The molecule has 2 nitrogen and oxygen atoms in total. The molecule has 0 saturated heterocycles. The Balaban J connectivity index is 1.39. The van der Waals surface area contributed by atoms with Gasteiger partial charge in [-0.2, -0.15) is 0 Å². The first-order valence-corrected chi connectivity index (χ1v) is 15.1. The van der Waals surface area contributed by atoms with Gasteiger partial charge in [0, 0.05) is 28.8 Å². The molecule has 0 radical (unpaired) electrons. The fraction of sp³-hybridized carbons (Fsp3) is 0.194. The van der Waals surface area contributed by atoms with Crippen LogP contribution in [-0.4, -0.2) is 10.7 Å². The van der Waals surface area contributed by atoms with Gasteiger partial charge in [0.1, 0.15) is 0 Å². The monoisotopic (exact) mass is 586 g/mol. The summed E-state index contributed by atoms with van der Waals surface area (Å²) in [6, 6.07) is 34.3. The number of aromatic nitrogens is 1. The standard InChI is InChI=1S/C36H36BBrN2/c1-4-27(3)35(25-21-28(5-2)29-14-8-6-9-15-29)40-36-19-13-12-18-33(36)34(37(40)38)24-23-32-22-20-31(26-39-32)30-16-10-7-11-17-30/h5-22,25-26,34H,4,23-24H2,1-3H3. The summed E-state index contributed by atoms with van der Waals surface area (Å²) >= 11 is 4.16. The number of benzene rings is 3. The van der Waals surface area contributed by atoms with Crippen LogP contribution in [0.2, 0.25) is 0 Å². The SMILES string of the molecule is CC=C(C=CC(=C(C)CC)N1B(Br)C(CCc2ccc(-c3ccccc3)cn2)c2ccccc21)c1ccccc1. The van der Waals surface area contributed by atoms with E-state index in [-0.39, 0.29) is 5.67 Å². The summed E-state index contributed by atoms with van der Waals surface area (Å²) in [5, 5.41) is 0. The molecule has 1 atom stereocenters. The number of pyridine rings is 1. The highest BCUT2D eigenvalue weighted by Gasteiger charge is 2.41. The molecule has 1 aromatic heterocycles. The molecule has 4 aromatic rings. The number of halogens is 1. The minimum atomic E-state index is 0.167. The van der Waals surface area contributed by atoms with Crippen molar-refractivity contribution in [1.29, 1.82) is 0 Å². The molecular formula is C36H36BBrN2. The van der Waals surface area contributed by atoms with Crippen LogP contribution >= 0.6 is 15.8 Å². The van der Waals surface area contributed by atoms with E-state index in [2.05, 4.69) is 151 Å². The zero-order chi connectivity index (χ0) is 27.9. The lowest BCUT2D eigenvalue weighted by Gasteiger charge is -2.27. The Labute approximate surface area is 248 Å². The van der Waals surface area contributed by atoms with Crippen LogP contribution in [-0.2, 0) is 6.42 Å². The predicted molar refractivity (Wildman–Crippen MR) is 177 cm³/mol. The molecule has 0 fully saturated rings. The van der Waals surface area contributed by atoms with Gasteiger partial charge < -0.3 is 4.81 Å². The van der Waals surface area contributed by atoms with Gasteiger partial charge in [-0.15, -0.1) is 15.8 Å². The van der Waals surface area contributed by atoms with Crippen LogP contribution in [0.4, 0.5) is 5.69 Å². The lowest BCUT2D eigenvalue weighted by molar-refractivity contribution is 0.775. The van der Waals surface area contributed by atoms with E-state index >= 15 is 0 Å². The normalized spacial score (nSPS) is 15.9. The van der Waals surface area contributed by atoms with E-state index in [9.17, 15) is 0 Å². The van der Waals surface area contributed by atoms with Gasteiger partial charge in [0.25, 0.3) is 0 Å². The van der Waals surface area contributed by atoms with Gasteiger partial charge in [-0.05, 0) is 79.4 Å². The maximum atomic E-state index is 4.82. The Morgan fingerprint density at radius 2 is 1.57 bits per heavy atom. The molecule has 0 amide bonds. The molecule has 200 valence electrons. The summed E-state index contributed by atoms with van der Waals surface area (Å²) in [6.07, 6.45) is 11.7. The van der Waals surface area contributed by atoms with E-state index in [1.165, 1.54) is 39.2 Å². The summed E-state index contributed by atoms with van der Waals surface area (Å²) in [7, 11) is 0. The minimum Gasteiger partial charge on any atom is -0.375 e. The number of allylic oxidation sites excluding steroid dienone is 5. The van der Waals surface area contributed by atoms with Crippen molar-refractivity contribution in [2.45, 2.75) is 45.9 Å². The lowest BCUT2D eigenvalue weighted by Crippen LogP contribution is -2.33. The topological polar surface area (TPSA) is 16.1 Å². The van der Waals surface area contributed by atoms with Crippen LogP contribution in [0.15, 0.2) is 133 Å². The average molecular weight is 587 g/mol. The van der Waals surface area contributed by atoms with E-state index in [4.69, 9.17) is 4.98 Å². The third kappa shape index (κ3) is 6.08. The first-order chi connectivity index (χ1) is 19.6. The third-order valence-corrected chi connectivity index (χ3v) is 8.93.